The number of anilines is 1. The maximum atomic E-state index is 11.7. The van der Waals surface area contributed by atoms with E-state index in [9.17, 15) is 8.42 Å². The van der Waals surface area contributed by atoms with Crippen LogP contribution in [-0.2, 0) is 16.6 Å². The first kappa shape index (κ1) is 20.3. The van der Waals surface area contributed by atoms with Crippen molar-refractivity contribution in [3.05, 3.63) is 89.0 Å². The average Bonchev–Trinajstić information content (AvgIpc) is 2.88. The third-order valence-electron chi connectivity index (χ3n) is 5.54. The molecule has 0 aliphatic carbocycles. The van der Waals surface area contributed by atoms with Gasteiger partial charge in [-0.2, -0.15) is 0 Å². The van der Waals surface area contributed by atoms with Gasteiger partial charge in [0.25, 0.3) is 0 Å². The fourth-order valence-corrected chi connectivity index (χ4v) is 4.72. The molecule has 1 heterocycles. The van der Waals surface area contributed by atoms with E-state index in [1.54, 1.807) is 13.2 Å². The summed E-state index contributed by atoms with van der Waals surface area (Å²) in [5.41, 5.74) is 5.01. The van der Waals surface area contributed by atoms with Gasteiger partial charge in [-0.3, -0.25) is 4.72 Å². The molecule has 0 amide bonds. The van der Waals surface area contributed by atoms with E-state index in [4.69, 9.17) is 9.47 Å². The zero-order valence-corrected chi connectivity index (χ0v) is 18.1. The van der Waals surface area contributed by atoms with Crippen LogP contribution < -0.4 is 14.2 Å². The number of hydrogen-bond acceptors (Lipinski definition) is 4. The van der Waals surface area contributed by atoms with Crippen LogP contribution in [0.4, 0.5) is 5.69 Å². The molecule has 156 valence electrons. The molecule has 0 bridgehead atoms. The van der Waals surface area contributed by atoms with E-state index in [-0.39, 0.29) is 11.8 Å². The van der Waals surface area contributed by atoms with Crippen LogP contribution in [0.5, 0.6) is 11.5 Å². The normalized spacial score (nSPS) is 16.4. The first-order valence-electron chi connectivity index (χ1n) is 9.82. The van der Waals surface area contributed by atoms with E-state index in [0.717, 1.165) is 34.4 Å². The second kappa shape index (κ2) is 8.03. The maximum Gasteiger partial charge on any atom is 0.229 e. The Morgan fingerprint density at radius 2 is 1.83 bits per heavy atom. The van der Waals surface area contributed by atoms with Crippen molar-refractivity contribution in [3.63, 3.8) is 0 Å². The quantitative estimate of drug-likeness (QED) is 0.634. The minimum atomic E-state index is -3.34. The minimum Gasteiger partial charge on any atom is -0.497 e. The number of para-hydroxylation sites is 1. The molecule has 0 radical (unpaired) electrons. The molecule has 0 unspecified atom stereocenters. The zero-order chi connectivity index (χ0) is 21.3. The van der Waals surface area contributed by atoms with E-state index in [0.29, 0.717) is 12.3 Å². The summed E-state index contributed by atoms with van der Waals surface area (Å²) in [5, 5.41) is 0. The van der Waals surface area contributed by atoms with Gasteiger partial charge in [-0.05, 0) is 52.9 Å². The van der Waals surface area contributed by atoms with Crippen molar-refractivity contribution in [2.45, 2.75) is 25.4 Å². The Morgan fingerprint density at radius 1 is 1.03 bits per heavy atom. The van der Waals surface area contributed by atoms with Crippen LogP contribution in [0, 0.1) is 0 Å². The Balaban J connectivity index is 1.82. The number of benzene rings is 3. The summed E-state index contributed by atoms with van der Waals surface area (Å²) in [4.78, 5) is 0. The Morgan fingerprint density at radius 3 is 2.60 bits per heavy atom. The predicted molar refractivity (Wildman–Crippen MR) is 119 cm³/mol. The minimum absolute atomic E-state index is 0.0538. The molecule has 0 spiro atoms. The van der Waals surface area contributed by atoms with E-state index < -0.39 is 10.0 Å². The molecular formula is C24H25NO4S. The van der Waals surface area contributed by atoms with Gasteiger partial charge in [-0.15, -0.1) is 0 Å². The largest absolute Gasteiger partial charge is 0.497 e. The van der Waals surface area contributed by atoms with Crippen LogP contribution in [0.25, 0.3) is 0 Å². The Kier molecular flexibility index (Phi) is 5.43. The van der Waals surface area contributed by atoms with E-state index in [2.05, 4.69) is 23.8 Å². The van der Waals surface area contributed by atoms with Gasteiger partial charge < -0.3 is 9.47 Å². The van der Waals surface area contributed by atoms with Gasteiger partial charge in [0.1, 0.15) is 18.1 Å². The van der Waals surface area contributed by atoms with Gasteiger partial charge >= 0.3 is 0 Å². The highest BCUT2D eigenvalue weighted by Crippen LogP contribution is 2.46. The molecular weight excluding hydrogens is 398 g/mol. The lowest BCUT2D eigenvalue weighted by Gasteiger charge is -2.27. The average molecular weight is 424 g/mol. The van der Waals surface area contributed by atoms with Crippen molar-refractivity contribution in [1.82, 2.24) is 0 Å². The monoisotopic (exact) mass is 423 g/mol. The molecule has 5 nitrogen and oxygen atoms in total. The molecule has 1 aliphatic rings. The number of nitrogens with one attached hydrogen (secondary N) is 1. The van der Waals surface area contributed by atoms with Crippen LogP contribution in [0.3, 0.4) is 0 Å². The Labute approximate surface area is 177 Å². The lowest BCUT2D eigenvalue weighted by atomic mass is 9.77. The smallest absolute Gasteiger partial charge is 0.229 e. The van der Waals surface area contributed by atoms with E-state index in [1.807, 2.05) is 48.5 Å². The van der Waals surface area contributed by atoms with Crippen molar-refractivity contribution in [1.29, 1.82) is 0 Å². The first-order valence-corrected chi connectivity index (χ1v) is 11.7. The standard InChI is InChI=1S/C24H25NO4S/c1-16(17-7-6-8-19(13-17)25-30(3,26)27)24-21-12-11-20(28-2)14-18(21)15-29-23-10-5-4-9-22(23)24/h4-14,16,24-25H,15H2,1-3H3/t16-,24-/m0/s1. The molecule has 1 aliphatic heterocycles. The third kappa shape index (κ3) is 4.14. The summed E-state index contributed by atoms with van der Waals surface area (Å²) in [6, 6.07) is 21.8. The summed E-state index contributed by atoms with van der Waals surface area (Å²) in [6.07, 6.45) is 1.16. The second-order valence-electron chi connectivity index (χ2n) is 7.66. The SMILES string of the molecule is COc1ccc2c(c1)COc1ccccc1[C@H]2[C@@H](C)c1cccc(NS(C)(=O)=O)c1. The van der Waals surface area contributed by atoms with Crippen LogP contribution in [0.15, 0.2) is 66.7 Å². The number of methoxy groups -OCH3 is 1. The van der Waals surface area contributed by atoms with Crippen molar-refractivity contribution in [2.24, 2.45) is 0 Å². The van der Waals surface area contributed by atoms with Crippen LogP contribution in [-0.4, -0.2) is 21.8 Å². The molecule has 0 saturated carbocycles. The topological polar surface area (TPSA) is 64.6 Å². The van der Waals surface area contributed by atoms with E-state index >= 15 is 0 Å². The molecule has 6 heteroatoms. The number of ether oxygens (including phenoxy) is 2. The summed E-state index contributed by atoms with van der Waals surface area (Å²) >= 11 is 0. The molecule has 4 rings (SSSR count). The van der Waals surface area contributed by atoms with Crippen molar-refractivity contribution >= 4 is 15.7 Å². The highest BCUT2D eigenvalue weighted by Gasteiger charge is 2.30. The summed E-state index contributed by atoms with van der Waals surface area (Å²) in [6.45, 7) is 2.64. The molecule has 1 N–H and O–H groups in total. The number of sulfonamides is 1. The van der Waals surface area contributed by atoms with Crippen LogP contribution in [0.2, 0.25) is 0 Å². The third-order valence-corrected chi connectivity index (χ3v) is 6.14. The molecule has 3 aromatic carbocycles. The lowest BCUT2D eigenvalue weighted by molar-refractivity contribution is 0.305. The van der Waals surface area contributed by atoms with Gasteiger partial charge in [-0.25, -0.2) is 8.42 Å². The van der Waals surface area contributed by atoms with Crippen LogP contribution >= 0.6 is 0 Å². The molecule has 0 saturated heterocycles. The predicted octanol–water partition coefficient (Wildman–Crippen LogP) is 4.89. The van der Waals surface area contributed by atoms with Crippen molar-refractivity contribution < 1.29 is 17.9 Å². The highest BCUT2D eigenvalue weighted by molar-refractivity contribution is 7.92. The van der Waals surface area contributed by atoms with Gasteiger partial charge in [0.15, 0.2) is 0 Å². The highest BCUT2D eigenvalue weighted by atomic mass is 32.2. The van der Waals surface area contributed by atoms with Gasteiger partial charge in [0.2, 0.25) is 10.0 Å². The van der Waals surface area contributed by atoms with Gasteiger partial charge in [0.05, 0.1) is 13.4 Å². The zero-order valence-electron chi connectivity index (χ0n) is 17.3. The molecule has 2 atom stereocenters. The van der Waals surface area contributed by atoms with Crippen molar-refractivity contribution in [2.75, 3.05) is 18.1 Å². The first-order chi connectivity index (χ1) is 14.4. The van der Waals surface area contributed by atoms with Crippen LogP contribution in [0.1, 0.15) is 41.0 Å². The molecule has 0 aromatic heterocycles. The summed E-state index contributed by atoms with van der Waals surface area (Å²) in [5.74, 6) is 1.81. The fourth-order valence-electron chi connectivity index (χ4n) is 4.16. The Bertz CT molecular complexity index is 1170. The molecule has 30 heavy (non-hydrogen) atoms. The lowest BCUT2D eigenvalue weighted by Crippen LogP contribution is -2.13. The van der Waals surface area contributed by atoms with Gasteiger partial charge in [0, 0.05) is 17.2 Å². The van der Waals surface area contributed by atoms with Gasteiger partial charge in [-0.1, -0.05) is 43.3 Å². The summed E-state index contributed by atoms with van der Waals surface area (Å²) in [7, 11) is -1.68. The van der Waals surface area contributed by atoms with Crippen molar-refractivity contribution in [3.8, 4) is 11.5 Å². The fraction of sp³-hybridized carbons (Fsp3) is 0.250. The summed E-state index contributed by atoms with van der Waals surface area (Å²) < 4.78 is 37.5. The molecule has 0 fully saturated rings. The second-order valence-corrected chi connectivity index (χ2v) is 9.41. The number of rotatable bonds is 5. The maximum absolute atomic E-state index is 11.7. The number of fused-ring (bicyclic) bond motifs is 2. The molecule has 3 aromatic rings. The number of hydrogen-bond donors (Lipinski definition) is 1. The van der Waals surface area contributed by atoms with E-state index in [1.165, 1.54) is 5.56 Å². The Hall–Kier alpha value is -2.99.